The second-order valence-corrected chi connectivity index (χ2v) is 8.14. The van der Waals surface area contributed by atoms with Crippen LogP contribution in [0.1, 0.15) is 50.2 Å². The Morgan fingerprint density at radius 3 is 2.71 bits per heavy atom. The number of phenols is 1. The lowest BCUT2D eigenvalue weighted by Gasteiger charge is -2.55. The highest BCUT2D eigenvalue weighted by molar-refractivity contribution is 5.47. The van der Waals surface area contributed by atoms with Gasteiger partial charge in [-0.15, -0.1) is 6.42 Å². The summed E-state index contributed by atoms with van der Waals surface area (Å²) in [6.07, 6.45) is 10.5. The summed E-state index contributed by atoms with van der Waals surface area (Å²) in [6, 6.07) is 8.10. The van der Waals surface area contributed by atoms with Crippen molar-refractivity contribution in [1.29, 1.82) is 5.26 Å². The average Bonchev–Trinajstić information content (AvgIpc) is 2.86. The predicted molar refractivity (Wildman–Crippen MR) is 91.1 cm³/mol. The molecule has 0 unspecified atom stereocenters. The molecule has 3 nitrogen and oxygen atoms in total. The van der Waals surface area contributed by atoms with Crippen LogP contribution in [0.4, 0.5) is 0 Å². The van der Waals surface area contributed by atoms with Crippen LogP contribution < -0.4 is 0 Å². The number of hydrogen-bond donors (Lipinski definition) is 2. The second kappa shape index (κ2) is 4.78. The van der Waals surface area contributed by atoms with Crippen LogP contribution in [0, 0.1) is 40.9 Å². The molecule has 0 heterocycles. The summed E-state index contributed by atoms with van der Waals surface area (Å²) >= 11 is 0. The highest BCUT2D eigenvalue weighted by atomic mass is 16.3. The maximum Gasteiger partial charge on any atom is 0.130 e. The van der Waals surface area contributed by atoms with Gasteiger partial charge < -0.3 is 10.2 Å². The van der Waals surface area contributed by atoms with E-state index in [1.807, 2.05) is 12.1 Å². The van der Waals surface area contributed by atoms with E-state index < -0.39 is 11.0 Å². The van der Waals surface area contributed by atoms with Crippen LogP contribution in [0.15, 0.2) is 18.2 Å². The normalized spacial score (nSPS) is 43.0. The second-order valence-electron chi connectivity index (χ2n) is 8.14. The number of hydrogen-bond acceptors (Lipinski definition) is 3. The Labute approximate surface area is 143 Å². The number of fused-ring (bicyclic) bond motifs is 5. The fourth-order valence-corrected chi connectivity index (χ4v) is 6.05. The molecule has 5 atom stereocenters. The molecular weight excluding hydrogens is 298 g/mol. The van der Waals surface area contributed by atoms with Crippen molar-refractivity contribution in [2.45, 2.75) is 56.5 Å². The lowest BCUT2D eigenvalue weighted by atomic mass is 9.47. The summed E-state index contributed by atoms with van der Waals surface area (Å²) < 4.78 is 0. The van der Waals surface area contributed by atoms with Crippen LogP contribution in [0.25, 0.3) is 0 Å². The fourth-order valence-electron chi connectivity index (χ4n) is 6.05. The Morgan fingerprint density at radius 1 is 1.21 bits per heavy atom. The van der Waals surface area contributed by atoms with Gasteiger partial charge in [-0.2, -0.15) is 5.26 Å². The Bertz CT molecular complexity index is 788. The SMILES string of the molecule is C#C[C@]1(O)CC[C@H]2[C@@H]3CCc4cc(O)ccc4[C@@]3(C#N)CC[C@@]21C. The first-order valence-electron chi connectivity index (χ1n) is 8.84. The molecule has 0 aliphatic heterocycles. The zero-order chi connectivity index (χ0) is 17.2. The molecule has 0 saturated heterocycles. The minimum Gasteiger partial charge on any atom is -0.508 e. The first kappa shape index (κ1) is 15.6. The number of aromatic hydroxyl groups is 1. The molecule has 0 amide bonds. The van der Waals surface area contributed by atoms with E-state index in [1.54, 1.807) is 6.07 Å². The molecule has 124 valence electrons. The van der Waals surface area contributed by atoms with E-state index in [0.29, 0.717) is 6.42 Å². The van der Waals surface area contributed by atoms with E-state index >= 15 is 0 Å². The number of nitriles is 1. The molecule has 0 aromatic heterocycles. The number of phenolic OH excluding ortho intramolecular Hbond substituents is 1. The number of rotatable bonds is 0. The molecule has 3 aliphatic carbocycles. The van der Waals surface area contributed by atoms with Gasteiger partial charge in [0.05, 0.1) is 11.5 Å². The molecule has 1 aromatic rings. The van der Waals surface area contributed by atoms with Gasteiger partial charge in [0.25, 0.3) is 0 Å². The Kier molecular flexibility index (Phi) is 3.09. The van der Waals surface area contributed by atoms with Gasteiger partial charge >= 0.3 is 0 Å². The third kappa shape index (κ3) is 1.66. The molecule has 0 bridgehead atoms. The van der Waals surface area contributed by atoms with Gasteiger partial charge in [-0.1, -0.05) is 18.9 Å². The van der Waals surface area contributed by atoms with Crippen molar-refractivity contribution in [2.75, 3.05) is 0 Å². The highest BCUT2D eigenvalue weighted by Crippen LogP contribution is 2.65. The molecule has 2 fully saturated rings. The smallest absolute Gasteiger partial charge is 0.130 e. The minimum absolute atomic E-state index is 0.223. The summed E-state index contributed by atoms with van der Waals surface area (Å²) in [6.45, 7) is 2.12. The molecular formula is C21H23NO2. The van der Waals surface area contributed by atoms with E-state index in [9.17, 15) is 15.5 Å². The summed E-state index contributed by atoms with van der Waals surface area (Å²) in [5.74, 6) is 3.43. The van der Waals surface area contributed by atoms with E-state index in [2.05, 4.69) is 18.9 Å². The van der Waals surface area contributed by atoms with Crippen molar-refractivity contribution in [3.8, 4) is 24.2 Å². The lowest BCUT2D eigenvalue weighted by molar-refractivity contribution is -0.0749. The van der Waals surface area contributed by atoms with Crippen molar-refractivity contribution < 1.29 is 10.2 Å². The standard InChI is InChI=1S/C21H23NO2/c1-3-21(24)9-8-17-18-6-4-14-12-15(23)5-7-16(14)20(18,13-22)11-10-19(17,21)2/h1,5,7,12,17-18,23-24H,4,6,8-11H2,2H3/t17-,18-,19-,20-,21-/m0/s1. The average molecular weight is 321 g/mol. The Hall–Kier alpha value is -1.97. The molecule has 3 aliphatic rings. The Balaban J connectivity index is 1.84. The lowest BCUT2D eigenvalue weighted by Crippen LogP contribution is -2.55. The van der Waals surface area contributed by atoms with Gasteiger partial charge in [0.2, 0.25) is 0 Å². The topological polar surface area (TPSA) is 64.2 Å². The van der Waals surface area contributed by atoms with Crippen molar-refractivity contribution in [3.63, 3.8) is 0 Å². The van der Waals surface area contributed by atoms with Gasteiger partial charge in [0.15, 0.2) is 0 Å². The monoisotopic (exact) mass is 321 g/mol. The van der Waals surface area contributed by atoms with Crippen LogP contribution in [-0.2, 0) is 11.8 Å². The van der Waals surface area contributed by atoms with Crippen molar-refractivity contribution in [3.05, 3.63) is 29.3 Å². The van der Waals surface area contributed by atoms with Crippen LogP contribution in [0.3, 0.4) is 0 Å². The van der Waals surface area contributed by atoms with Crippen molar-refractivity contribution >= 4 is 0 Å². The van der Waals surface area contributed by atoms with Crippen LogP contribution in [0.2, 0.25) is 0 Å². The quantitative estimate of drug-likeness (QED) is 0.721. The Morgan fingerprint density at radius 2 is 2.00 bits per heavy atom. The maximum atomic E-state index is 11.0. The molecule has 24 heavy (non-hydrogen) atoms. The van der Waals surface area contributed by atoms with Gasteiger partial charge in [-0.25, -0.2) is 0 Å². The third-order valence-electron chi connectivity index (χ3n) is 7.47. The molecule has 2 N–H and O–H groups in total. The van der Waals surface area contributed by atoms with E-state index in [0.717, 1.165) is 43.2 Å². The number of terminal acetylenes is 1. The molecule has 4 rings (SSSR count). The minimum atomic E-state index is -1.05. The number of aliphatic hydroxyl groups is 1. The number of aryl methyl sites for hydroxylation is 1. The van der Waals surface area contributed by atoms with E-state index in [-0.39, 0.29) is 23.0 Å². The summed E-state index contributed by atoms with van der Waals surface area (Å²) in [5, 5.41) is 30.9. The first-order chi connectivity index (χ1) is 11.4. The molecule has 2 saturated carbocycles. The van der Waals surface area contributed by atoms with E-state index in [1.165, 1.54) is 0 Å². The molecule has 0 radical (unpaired) electrons. The largest absolute Gasteiger partial charge is 0.508 e. The highest BCUT2D eigenvalue weighted by Gasteiger charge is 2.65. The summed E-state index contributed by atoms with van der Waals surface area (Å²) in [7, 11) is 0. The van der Waals surface area contributed by atoms with Crippen molar-refractivity contribution in [2.24, 2.45) is 17.3 Å². The molecule has 3 heteroatoms. The number of nitrogens with zero attached hydrogens (tertiary/aromatic N) is 1. The van der Waals surface area contributed by atoms with Crippen LogP contribution in [0.5, 0.6) is 5.75 Å². The van der Waals surface area contributed by atoms with Crippen molar-refractivity contribution in [1.82, 2.24) is 0 Å². The zero-order valence-electron chi connectivity index (χ0n) is 14.0. The fraction of sp³-hybridized carbons (Fsp3) is 0.571. The summed E-state index contributed by atoms with van der Waals surface area (Å²) in [4.78, 5) is 0. The van der Waals surface area contributed by atoms with Crippen LogP contribution in [-0.4, -0.2) is 15.8 Å². The van der Waals surface area contributed by atoms with Gasteiger partial charge in [0.1, 0.15) is 11.4 Å². The van der Waals surface area contributed by atoms with E-state index in [4.69, 9.17) is 6.42 Å². The van der Waals surface area contributed by atoms with Gasteiger partial charge in [0, 0.05) is 5.41 Å². The number of benzene rings is 1. The predicted octanol–water partition coefficient (Wildman–Crippen LogP) is 3.29. The zero-order valence-corrected chi connectivity index (χ0v) is 14.0. The molecule has 0 spiro atoms. The maximum absolute atomic E-state index is 11.0. The first-order valence-corrected chi connectivity index (χ1v) is 8.84. The summed E-state index contributed by atoms with van der Waals surface area (Å²) in [5.41, 5.74) is 0.319. The molecule has 1 aromatic carbocycles. The van der Waals surface area contributed by atoms with Gasteiger partial charge in [-0.3, -0.25) is 0 Å². The van der Waals surface area contributed by atoms with Crippen LogP contribution >= 0.6 is 0 Å². The van der Waals surface area contributed by atoms with Gasteiger partial charge in [-0.05, 0) is 73.6 Å². The third-order valence-corrected chi connectivity index (χ3v) is 7.47.